The molecule has 1 heterocycles. The topological polar surface area (TPSA) is 98.5 Å². The van der Waals surface area contributed by atoms with E-state index >= 15 is 0 Å². The predicted octanol–water partition coefficient (Wildman–Crippen LogP) is 1.60. The van der Waals surface area contributed by atoms with Crippen molar-refractivity contribution in [1.29, 1.82) is 0 Å². The smallest absolute Gasteiger partial charge is 0.262 e. The van der Waals surface area contributed by atoms with Gasteiger partial charge in [0.2, 0.25) is 10.0 Å². The van der Waals surface area contributed by atoms with Gasteiger partial charge >= 0.3 is 0 Å². The minimum absolute atomic E-state index is 0.0164. The van der Waals surface area contributed by atoms with Crippen LogP contribution in [0.2, 0.25) is 0 Å². The lowest BCUT2D eigenvalue weighted by atomic mass is 9.88. The van der Waals surface area contributed by atoms with E-state index in [1.54, 1.807) is 6.92 Å². The second kappa shape index (κ2) is 7.23. The monoisotopic (exact) mass is 330 g/mol. The Labute approximate surface area is 130 Å². The lowest BCUT2D eigenvalue weighted by Gasteiger charge is -2.28. The highest BCUT2D eigenvalue weighted by atomic mass is 32.2. The second-order valence-corrected chi connectivity index (χ2v) is 7.61. The summed E-state index contributed by atoms with van der Waals surface area (Å²) in [5.74, 6) is -0.478. The number of hydrogen-bond donors (Lipinski definition) is 1. The van der Waals surface area contributed by atoms with E-state index < -0.39 is 27.8 Å². The molecule has 8 heteroatoms. The van der Waals surface area contributed by atoms with E-state index in [1.165, 1.54) is 18.8 Å². The molecule has 2 rings (SSSR count). The summed E-state index contributed by atoms with van der Waals surface area (Å²) < 4.78 is 36.1. The summed E-state index contributed by atoms with van der Waals surface area (Å²) in [5, 5.41) is 3.52. The zero-order chi connectivity index (χ0) is 16.2. The third-order valence-corrected chi connectivity index (χ3v) is 4.93. The molecule has 3 atom stereocenters. The van der Waals surface area contributed by atoms with E-state index in [1.807, 2.05) is 4.72 Å². The predicted molar refractivity (Wildman–Crippen MR) is 79.2 cm³/mol. The highest BCUT2D eigenvalue weighted by molar-refractivity contribution is 7.89. The van der Waals surface area contributed by atoms with Crippen molar-refractivity contribution in [3.05, 3.63) is 18.0 Å². The molecule has 0 aliphatic heterocycles. The maximum absolute atomic E-state index is 12.0. The molecular weight excluding hydrogens is 308 g/mol. The van der Waals surface area contributed by atoms with Crippen LogP contribution in [0.15, 0.2) is 16.9 Å². The van der Waals surface area contributed by atoms with E-state index in [0.717, 1.165) is 19.3 Å². The van der Waals surface area contributed by atoms with Crippen LogP contribution in [-0.4, -0.2) is 31.7 Å². The van der Waals surface area contributed by atoms with Gasteiger partial charge in [-0.3, -0.25) is 9.52 Å². The number of nitrogens with one attached hydrogen (secondary N) is 1. The van der Waals surface area contributed by atoms with Crippen LogP contribution in [0.3, 0.4) is 0 Å². The molecule has 0 radical (unpaired) electrons. The summed E-state index contributed by atoms with van der Waals surface area (Å²) in [6.07, 6.45) is 4.56. The van der Waals surface area contributed by atoms with Gasteiger partial charge in [-0.05, 0) is 25.7 Å². The fourth-order valence-electron chi connectivity index (χ4n) is 2.63. The first kappa shape index (κ1) is 17.0. The third-order valence-electron chi connectivity index (χ3n) is 3.74. The molecular formula is C14H22N2O5S. The van der Waals surface area contributed by atoms with E-state index in [0.29, 0.717) is 5.92 Å². The summed E-state index contributed by atoms with van der Waals surface area (Å²) in [5.41, 5.74) is 0.245. The Kier molecular flexibility index (Phi) is 5.57. The first-order valence-corrected chi connectivity index (χ1v) is 9.10. The van der Waals surface area contributed by atoms with Crippen LogP contribution < -0.4 is 4.72 Å². The summed E-state index contributed by atoms with van der Waals surface area (Å²) in [6, 6.07) is 1.44. The molecule has 0 spiro atoms. The van der Waals surface area contributed by atoms with Crippen molar-refractivity contribution < 1.29 is 22.5 Å². The Morgan fingerprint density at radius 2 is 2.32 bits per heavy atom. The van der Waals surface area contributed by atoms with Crippen molar-refractivity contribution in [2.24, 2.45) is 5.92 Å². The molecule has 1 aliphatic carbocycles. The minimum Gasteiger partial charge on any atom is -0.365 e. The van der Waals surface area contributed by atoms with Gasteiger partial charge < -0.3 is 9.26 Å². The zero-order valence-corrected chi connectivity index (χ0v) is 13.6. The largest absolute Gasteiger partial charge is 0.365 e. The average molecular weight is 330 g/mol. The highest BCUT2D eigenvalue weighted by Gasteiger charge is 2.26. The van der Waals surface area contributed by atoms with Gasteiger partial charge in [-0.25, -0.2) is 8.42 Å². The Morgan fingerprint density at radius 3 is 2.95 bits per heavy atom. The molecule has 1 aromatic heterocycles. The summed E-state index contributed by atoms with van der Waals surface area (Å²) in [7, 11) is -3.80. The zero-order valence-electron chi connectivity index (χ0n) is 12.8. The van der Waals surface area contributed by atoms with E-state index in [-0.39, 0.29) is 11.8 Å². The lowest BCUT2D eigenvalue weighted by molar-refractivity contribution is -0.135. The van der Waals surface area contributed by atoms with Crippen molar-refractivity contribution in [2.45, 2.75) is 57.5 Å². The fraction of sp³-hybridized carbons (Fsp3) is 0.714. The molecule has 1 saturated carbocycles. The Hall–Kier alpha value is -1.41. The van der Waals surface area contributed by atoms with Crippen LogP contribution in [0, 0.1) is 5.92 Å². The van der Waals surface area contributed by atoms with Crippen LogP contribution in [-0.2, 0) is 25.3 Å². The third kappa shape index (κ3) is 5.10. The van der Waals surface area contributed by atoms with Gasteiger partial charge in [0.25, 0.3) is 5.91 Å². The SMILES string of the molecule is C[C@@H]1CCC[C@@H](O[C@@H](C)C(=O)NS(=O)(=O)Cc2ccon2)C1. The molecule has 7 nitrogen and oxygen atoms in total. The van der Waals surface area contributed by atoms with Crippen LogP contribution in [0.1, 0.15) is 45.2 Å². The number of carbonyl (C=O) groups excluding carboxylic acids is 1. The number of rotatable bonds is 6. The molecule has 0 unspecified atom stereocenters. The first-order chi connectivity index (χ1) is 10.4. The molecule has 22 heavy (non-hydrogen) atoms. The van der Waals surface area contributed by atoms with Crippen LogP contribution in [0.5, 0.6) is 0 Å². The number of carbonyl (C=O) groups is 1. The first-order valence-electron chi connectivity index (χ1n) is 7.45. The average Bonchev–Trinajstić information content (AvgIpc) is 2.90. The number of aromatic nitrogens is 1. The molecule has 0 bridgehead atoms. The van der Waals surface area contributed by atoms with E-state index in [2.05, 4.69) is 16.6 Å². The van der Waals surface area contributed by atoms with Gasteiger partial charge in [0.05, 0.1) is 6.10 Å². The molecule has 1 N–H and O–H groups in total. The Morgan fingerprint density at radius 1 is 1.55 bits per heavy atom. The van der Waals surface area contributed by atoms with Crippen molar-refractivity contribution in [2.75, 3.05) is 0 Å². The standard InChI is InChI=1S/C14H22N2O5S/c1-10-4-3-5-13(8-10)21-11(2)14(17)16-22(18,19)9-12-6-7-20-15-12/h6-7,10-11,13H,3-5,8-9H2,1-2H3,(H,16,17)/t10-,11+,13-/m1/s1. The van der Waals surface area contributed by atoms with Gasteiger partial charge in [-0.1, -0.05) is 24.9 Å². The Bertz CT molecular complexity index is 584. The van der Waals surface area contributed by atoms with Crippen LogP contribution in [0.25, 0.3) is 0 Å². The number of ether oxygens (including phenoxy) is 1. The van der Waals surface area contributed by atoms with Crippen molar-refractivity contribution >= 4 is 15.9 Å². The maximum atomic E-state index is 12.0. The molecule has 0 aromatic carbocycles. The molecule has 0 saturated heterocycles. The maximum Gasteiger partial charge on any atom is 0.262 e. The van der Waals surface area contributed by atoms with Crippen molar-refractivity contribution in [3.63, 3.8) is 0 Å². The fourth-order valence-corrected chi connectivity index (χ4v) is 3.71. The number of hydrogen-bond acceptors (Lipinski definition) is 6. The molecule has 1 amide bonds. The molecule has 1 aromatic rings. The van der Waals surface area contributed by atoms with Crippen LogP contribution in [0.4, 0.5) is 0 Å². The summed E-state index contributed by atoms with van der Waals surface area (Å²) in [4.78, 5) is 12.0. The van der Waals surface area contributed by atoms with Gasteiger partial charge in [0.1, 0.15) is 23.8 Å². The van der Waals surface area contributed by atoms with Crippen LogP contribution >= 0.6 is 0 Å². The number of amides is 1. The van der Waals surface area contributed by atoms with Crippen molar-refractivity contribution in [1.82, 2.24) is 9.88 Å². The normalized spacial score (nSPS) is 23.9. The summed E-state index contributed by atoms with van der Waals surface area (Å²) in [6.45, 7) is 3.73. The van der Waals surface area contributed by atoms with E-state index in [4.69, 9.17) is 4.74 Å². The number of sulfonamides is 1. The lowest BCUT2D eigenvalue weighted by Crippen LogP contribution is -2.41. The number of nitrogens with zero attached hydrogens (tertiary/aromatic N) is 1. The second-order valence-electron chi connectivity index (χ2n) is 5.89. The molecule has 124 valence electrons. The van der Waals surface area contributed by atoms with E-state index in [9.17, 15) is 13.2 Å². The van der Waals surface area contributed by atoms with Gasteiger partial charge in [-0.2, -0.15) is 0 Å². The van der Waals surface area contributed by atoms with Crippen molar-refractivity contribution in [3.8, 4) is 0 Å². The molecule has 1 aliphatic rings. The highest BCUT2D eigenvalue weighted by Crippen LogP contribution is 2.26. The Balaban J connectivity index is 1.85. The molecule has 1 fully saturated rings. The van der Waals surface area contributed by atoms with Gasteiger partial charge in [-0.15, -0.1) is 0 Å². The van der Waals surface area contributed by atoms with Gasteiger partial charge in [0.15, 0.2) is 0 Å². The van der Waals surface area contributed by atoms with Gasteiger partial charge in [0, 0.05) is 6.07 Å². The summed E-state index contributed by atoms with van der Waals surface area (Å²) >= 11 is 0. The minimum atomic E-state index is -3.80. The quantitative estimate of drug-likeness (QED) is 0.851.